The highest BCUT2D eigenvalue weighted by Gasteiger charge is 2.29. The van der Waals surface area contributed by atoms with Gasteiger partial charge in [0.1, 0.15) is 11.9 Å². The lowest BCUT2D eigenvalue weighted by Gasteiger charge is -2.23. The van der Waals surface area contributed by atoms with Crippen molar-refractivity contribution in [1.29, 1.82) is 0 Å². The lowest BCUT2D eigenvalue weighted by molar-refractivity contribution is -0.156. The van der Waals surface area contributed by atoms with Gasteiger partial charge in [-0.15, -0.1) is 0 Å². The molecule has 0 aliphatic carbocycles. The first-order valence-corrected chi connectivity index (χ1v) is 9.16. The maximum absolute atomic E-state index is 13.7. The van der Waals surface area contributed by atoms with Gasteiger partial charge >= 0.3 is 12.0 Å². The number of carbonyl (C=O) groups excluding carboxylic acids is 3. The van der Waals surface area contributed by atoms with Gasteiger partial charge in [0.2, 0.25) is 0 Å². The molecule has 0 aliphatic heterocycles. The number of urea groups is 1. The van der Waals surface area contributed by atoms with Crippen LogP contribution in [0.3, 0.4) is 0 Å². The number of benzene rings is 2. The minimum absolute atomic E-state index is 0.0128. The number of amides is 3. The molecule has 3 amide bonds. The number of rotatable bonds is 7. The molecular formula is C21H24FN3O4. The molecule has 0 aromatic heterocycles. The van der Waals surface area contributed by atoms with Crippen molar-refractivity contribution in [2.75, 3.05) is 10.6 Å². The molecule has 154 valence electrons. The van der Waals surface area contributed by atoms with E-state index in [1.807, 2.05) is 6.07 Å². The Morgan fingerprint density at radius 2 is 1.52 bits per heavy atom. The summed E-state index contributed by atoms with van der Waals surface area (Å²) in [4.78, 5) is 36.9. The normalized spacial score (nSPS) is 12.6. The minimum atomic E-state index is -1.18. The lowest BCUT2D eigenvalue weighted by atomic mass is 10.0. The third-order valence-corrected chi connectivity index (χ3v) is 4.03. The van der Waals surface area contributed by atoms with E-state index in [4.69, 9.17) is 4.74 Å². The van der Waals surface area contributed by atoms with Gasteiger partial charge in [0.25, 0.3) is 5.91 Å². The third kappa shape index (κ3) is 6.60. The number of ether oxygens (including phenoxy) is 1. The first-order valence-electron chi connectivity index (χ1n) is 9.16. The van der Waals surface area contributed by atoms with Crippen LogP contribution in [0.1, 0.15) is 20.8 Å². The lowest BCUT2D eigenvalue weighted by Crippen LogP contribution is -2.48. The van der Waals surface area contributed by atoms with E-state index in [1.54, 1.807) is 44.2 Å². The number of hydrogen-bond donors (Lipinski definition) is 3. The molecule has 0 radical (unpaired) electrons. The maximum atomic E-state index is 13.7. The summed E-state index contributed by atoms with van der Waals surface area (Å²) in [5, 5.41) is 7.54. The van der Waals surface area contributed by atoms with E-state index in [1.165, 1.54) is 25.1 Å². The molecule has 8 heteroatoms. The van der Waals surface area contributed by atoms with Crippen LogP contribution in [0, 0.1) is 11.7 Å². The van der Waals surface area contributed by atoms with Crippen LogP contribution in [0.5, 0.6) is 0 Å². The average Bonchev–Trinajstić information content (AvgIpc) is 2.68. The molecule has 7 nitrogen and oxygen atoms in total. The Kier molecular flexibility index (Phi) is 7.70. The molecule has 0 spiro atoms. The fraction of sp³-hybridized carbons (Fsp3) is 0.286. The Balaban J connectivity index is 1.94. The SMILES string of the molecule is CC(C)[C@H](NC(=O)Nc1ccccc1)C(=O)O[C@@H](C)C(=O)Nc1ccccc1F. The topological polar surface area (TPSA) is 96.5 Å². The Bertz CT molecular complexity index is 858. The summed E-state index contributed by atoms with van der Waals surface area (Å²) in [7, 11) is 0. The van der Waals surface area contributed by atoms with Crippen LogP contribution in [0.25, 0.3) is 0 Å². The Morgan fingerprint density at radius 3 is 2.14 bits per heavy atom. The van der Waals surface area contributed by atoms with Crippen molar-refractivity contribution in [3.8, 4) is 0 Å². The van der Waals surface area contributed by atoms with Gasteiger partial charge in [0.05, 0.1) is 5.69 Å². The van der Waals surface area contributed by atoms with Crippen LogP contribution in [-0.2, 0) is 14.3 Å². The second kappa shape index (κ2) is 10.2. The molecule has 2 atom stereocenters. The quantitative estimate of drug-likeness (QED) is 0.618. The first-order chi connectivity index (χ1) is 13.8. The van der Waals surface area contributed by atoms with Crippen LogP contribution in [-0.4, -0.2) is 30.1 Å². The van der Waals surface area contributed by atoms with Crippen LogP contribution in [0.15, 0.2) is 54.6 Å². The van der Waals surface area contributed by atoms with Crippen LogP contribution < -0.4 is 16.0 Å². The van der Waals surface area contributed by atoms with Gasteiger partial charge in [-0.25, -0.2) is 14.0 Å². The molecule has 0 saturated carbocycles. The Labute approximate surface area is 168 Å². The molecule has 29 heavy (non-hydrogen) atoms. The van der Waals surface area contributed by atoms with E-state index in [0.717, 1.165) is 0 Å². The first kappa shape index (κ1) is 21.9. The highest BCUT2D eigenvalue weighted by atomic mass is 19.1. The van der Waals surface area contributed by atoms with E-state index < -0.39 is 35.9 Å². The zero-order valence-electron chi connectivity index (χ0n) is 16.4. The molecular weight excluding hydrogens is 377 g/mol. The van der Waals surface area contributed by atoms with E-state index in [-0.39, 0.29) is 11.6 Å². The number of hydrogen-bond acceptors (Lipinski definition) is 4. The number of halogens is 1. The molecule has 0 saturated heterocycles. The molecule has 0 unspecified atom stereocenters. The zero-order valence-corrected chi connectivity index (χ0v) is 16.4. The van der Waals surface area contributed by atoms with Gasteiger partial charge in [-0.2, -0.15) is 0 Å². The Hall–Kier alpha value is -3.42. The molecule has 0 fully saturated rings. The monoisotopic (exact) mass is 401 g/mol. The molecule has 0 aliphatic rings. The summed E-state index contributed by atoms with van der Waals surface area (Å²) < 4.78 is 18.8. The van der Waals surface area contributed by atoms with Gasteiger partial charge in [-0.3, -0.25) is 4.79 Å². The van der Waals surface area contributed by atoms with Gasteiger partial charge in [-0.1, -0.05) is 44.2 Å². The van der Waals surface area contributed by atoms with Crippen LogP contribution >= 0.6 is 0 Å². The second-order valence-electron chi connectivity index (χ2n) is 6.73. The molecule has 0 bridgehead atoms. The molecule has 2 aromatic rings. The Morgan fingerprint density at radius 1 is 0.897 bits per heavy atom. The predicted octanol–water partition coefficient (Wildman–Crippen LogP) is 3.54. The van der Waals surface area contributed by atoms with E-state index in [2.05, 4.69) is 16.0 Å². The van der Waals surface area contributed by atoms with Crippen molar-refractivity contribution >= 4 is 29.3 Å². The number of carbonyl (C=O) groups is 3. The summed E-state index contributed by atoms with van der Waals surface area (Å²) in [6.45, 7) is 4.84. The van der Waals surface area contributed by atoms with Crippen molar-refractivity contribution in [3.05, 3.63) is 60.4 Å². The van der Waals surface area contributed by atoms with Gasteiger partial charge in [0.15, 0.2) is 6.10 Å². The number of nitrogens with one attached hydrogen (secondary N) is 3. The fourth-order valence-electron chi connectivity index (χ4n) is 2.43. The summed E-state index contributed by atoms with van der Waals surface area (Å²) in [6, 6.07) is 12.9. The summed E-state index contributed by atoms with van der Waals surface area (Å²) in [5.41, 5.74) is 0.555. The minimum Gasteiger partial charge on any atom is -0.451 e. The average molecular weight is 401 g/mol. The maximum Gasteiger partial charge on any atom is 0.329 e. The van der Waals surface area contributed by atoms with Gasteiger partial charge < -0.3 is 20.7 Å². The predicted molar refractivity (Wildman–Crippen MR) is 108 cm³/mol. The molecule has 3 N–H and O–H groups in total. The van der Waals surface area contributed by atoms with Gasteiger partial charge in [0, 0.05) is 5.69 Å². The number of anilines is 2. The number of esters is 1. The molecule has 2 aromatic carbocycles. The number of para-hydroxylation sites is 2. The van der Waals surface area contributed by atoms with Crippen molar-refractivity contribution < 1.29 is 23.5 Å². The fourth-order valence-corrected chi connectivity index (χ4v) is 2.43. The molecule has 2 rings (SSSR count). The van der Waals surface area contributed by atoms with E-state index in [9.17, 15) is 18.8 Å². The van der Waals surface area contributed by atoms with Crippen molar-refractivity contribution in [2.45, 2.75) is 32.9 Å². The highest BCUT2D eigenvalue weighted by Crippen LogP contribution is 2.14. The standard InChI is InChI=1S/C21H24FN3O4/c1-13(2)18(25-21(28)23-15-9-5-4-6-10-15)20(27)29-14(3)19(26)24-17-12-8-7-11-16(17)22/h4-14,18H,1-3H3,(H,24,26)(H2,23,25,28)/t14-,18-/m0/s1. The largest absolute Gasteiger partial charge is 0.451 e. The smallest absolute Gasteiger partial charge is 0.329 e. The zero-order chi connectivity index (χ0) is 21.4. The van der Waals surface area contributed by atoms with Crippen LogP contribution in [0.4, 0.5) is 20.6 Å². The highest BCUT2D eigenvalue weighted by molar-refractivity contribution is 5.96. The molecule has 0 heterocycles. The van der Waals surface area contributed by atoms with Crippen molar-refractivity contribution in [3.63, 3.8) is 0 Å². The summed E-state index contributed by atoms with van der Waals surface area (Å²) >= 11 is 0. The van der Waals surface area contributed by atoms with Crippen LogP contribution in [0.2, 0.25) is 0 Å². The van der Waals surface area contributed by atoms with E-state index in [0.29, 0.717) is 5.69 Å². The second-order valence-corrected chi connectivity index (χ2v) is 6.73. The summed E-state index contributed by atoms with van der Waals surface area (Å²) in [5.74, 6) is -2.33. The van der Waals surface area contributed by atoms with Crippen molar-refractivity contribution in [1.82, 2.24) is 5.32 Å². The third-order valence-electron chi connectivity index (χ3n) is 4.03. The van der Waals surface area contributed by atoms with E-state index >= 15 is 0 Å². The van der Waals surface area contributed by atoms with Gasteiger partial charge in [-0.05, 0) is 37.1 Å². The van der Waals surface area contributed by atoms with Crippen molar-refractivity contribution in [2.24, 2.45) is 5.92 Å². The summed E-state index contributed by atoms with van der Waals surface area (Å²) in [6.07, 6.45) is -1.18.